The Bertz CT molecular complexity index is 1340. The fraction of sp³-hybridized carbons (Fsp3) is 0.227. The van der Waals surface area contributed by atoms with E-state index in [4.69, 9.17) is 4.52 Å². The number of carbonyl (C=O) groups is 2. The molecule has 1 aliphatic rings. The van der Waals surface area contributed by atoms with Crippen LogP contribution in [0.3, 0.4) is 0 Å². The van der Waals surface area contributed by atoms with Gasteiger partial charge in [0, 0.05) is 17.4 Å². The number of imidazole rings is 1. The molecule has 0 radical (unpaired) electrons. The van der Waals surface area contributed by atoms with Crippen LogP contribution < -0.4 is 10.6 Å². The molecule has 2 amide bonds. The van der Waals surface area contributed by atoms with Gasteiger partial charge in [0.1, 0.15) is 16.9 Å². The van der Waals surface area contributed by atoms with E-state index in [1.54, 1.807) is 22.9 Å². The number of alkyl carbamates (subject to hydrolysis) is 1. The van der Waals surface area contributed by atoms with Gasteiger partial charge in [0.25, 0.3) is 11.8 Å². The second-order valence-corrected chi connectivity index (χ2v) is 7.68. The number of fused-ring (bicyclic) bond motifs is 1. The molecule has 0 aliphatic heterocycles. The molecule has 10 nitrogen and oxygen atoms in total. The van der Waals surface area contributed by atoms with Crippen molar-refractivity contribution in [3.8, 4) is 11.4 Å². The van der Waals surface area contributed by atoms with Crippen LogP contribution in [-0.4, -0.2) is 38.6 Å². The van der Waals surface area contributed by atoms with E-state index in [-0.39, 0.29) is 5.91 Å². The second-order valence-electron chi connectivity index (χ2n) is 7.68. The van der Waals surface area contributed by atoms with Gasteiger partial charge in [-0.3, -0.25) is 9.20 Å². The minimum Gasteiger partial charge on any atom is -0.453 e. The van der Waals surface area contributed by atoms with Gasteiger partial charge in [-0.1, -0.05) is 23.4 Å². The van der Waals surface area contributed by atoms with Crippen molar-refractivity contribution in [2.24, 2.45) is 0 Å². The van der Waals surface area contributed by atoms with Gasteiger partial charge >= 0.3 is 6.09 Å². The van der Waals surface area contributed by atoms with Crippen LogP contribution in [0.25, 0.3) is 17.0 Å². The van der Waals surface area contributed by atoms with Crippen molar-refractivity contribution >= 4 is 23.3 Å². The van der Waals surface area contributed by atoms with E-state index in [1.165, 1.54) is 7.11 Å². The van der Waals surface area contributed by atoms with Gasteiger partial charge in [-0.25, -0.2) is 9.78 Å². The van der Waals surface area contributed by atoms with Crippen LogP contribution >= 0.6 is 0 Å². The van der Waals surface area contributed by atoms with Gasteiger partial charge in [-0.15, -0.1) is 0 Å². The maximum absolute atomic E-state index is 12.9. The molecule has 4 aromatic rings. The first-order chi connectivity index (χ1) is 15.5. The van der Waals surface area contributed by atoms with Gasteiger partial charge in [-0.2, -0.15) is 4.98 Å². The lowest BCUT2D eigenvalue weighted by Crippen LogP contribution is -2.34. The normalized spacial score (nSPS) is 14.2. The summed E-state index contributed by atoms with van der Waals surface area (Å²) in [5, 5.41) is 9.75. The molecule has 0 saturated heterocycles. The van der Waals surface area contributed by atoms with Crippen molar-refractivity contribution in [1.29, 1.82) is 0 Å². The summed E-state index contributed by atoms with van der Waals surface area (Å²) in [6.07, 6.45) is 4.17. The zero-order chi connectivity index (χ0) is 22.3. The Balaban J connectivity index is 1.39. The average molecular weight is 432 g/mol. The number of aryl methyl sites for hydroxylation is 1. The van der Waals surface area contributed by atoms with Crippen molar-refractivity contribution in [2.75, 3.05) is 12.4 Å². The van der Waals surface area contributed by atoms with Gasteiger partial charge in [0.15, 0.2) is 0 Å². The van der Waals surface area contributed by atoms with Crippen molar-refractivity contribution in [2.45, 2.75) is 25.3 Å². The summed E-state index contributed by atoms with van der Waals surface area (Å²) in [7, 11) is 1.31. The number of anilines is 1. The van der Waals surface area contributed by atoms with E-state index in [9.17, 15) is 9.59 Å². The Labute approximate surface area is 182 Å². The molecule has 1 fully saturated rings. The third kappa shape index (κ3) is 3.45. The van der Waals surface area contributed by atoms with Gasteiger partial charge in [0.2, 0.25) is 5.82 Å². The third-order valence-electron chi connectivity index (χ3n) is 5.51. The molecule has 1 aliphatic carbocycles. The number of rotatable bonds is 5. The van der Waals surface area contributed by atoms with Crippen LogP contribution in [-0.2, 0) is 10.3 Å². The molecule has 162 valence electrons. The molecule has 5 rings (SSSR count). The Morgan fingerprint density at radius 2 is 2.06 bits per heavy atom. The fourth-order valence-electron chi connectivity index (χ4n) is 3.48. The quantitative estimate of drug-likeness (QED) is 0.496. The summed E-state index contributed by atoms with van der Waals surface area (Å²) >= 11 is 0. The van der Waals surface area contributed by atoms with E-state index >= 15 is 0 Å². The number of hydrogen-bond donors (Lipinski definition) is 2. The molecule has 3 heterocycles. The number of methoxy groups -OCH3 is 1. The van der Waals surface area contributed by atoms with E-state index in [0.717, 1.165) is 5.56 Å². The van der Waals surface area contributed by atoms with Crippen molar-refractivity contribution in [1.82, 2.24) is 24.8 Å². The number of nitrogens with one attached hydrogen (secondary N) is 2. The fourth-order valence-corrected chi connectivity index (χ4v) is 3.48. The average Bonchev–Trinajstić information content (AvgIpc) is 3.22. The number of benzene rings is 1. The molecular weight excluding hydrogens is 412 g/mol. The highest BCUT2D eigenvalue weighted by Crippen LogP contribution is 2.45. The first kappa shape index (κ1) is 19.7. The maximum Gasteiger partial charge on any atom is 0.407 e. The van der Waals surface area contributed by atoms with Crippen LogP contribution in [0.5, 0.6) is 0 Å². The zero-order valence-corrected chi connectivity index (χ0v) is 17.5. The predicted molar refractivity (Wildman–Crippen MR) is 114 cm³/mol. The number of pyridine rings is 1. The van der Waals surface area contributed by atoms with Crippen LogP contribution in [0.15, 0.2) is 53.3 Å². The molecule has 32 heavy (non-hydrogen) atoms. The number of carbonyl (C=O) groups excluding carboxylic acids is 2. The number of aromatic nitrogens is 4. The molecule has 0 unspecified atom stereocenters. The Morgan fingerprint density at radius 3 is 2.84 bits per heavy atom. The molecule has 2 N–H and O–H groups in total. The topological polar surface area (TPSA) is 124 Å². The first-order valence-corrected chi connectivity index (χ1v) is 10.0. The van der Waals surface area contributed by atoms with Gasteiger partial charge in [0.05, 0.1) is 13.3 Å². The standard InChI is InChI=1S/C22H20N6O4/c1-13-6-7-14(18-25-20(32-27-18)22(8-9-22)26-21(30)31-2)11-15(13)24-19(29)16-12-23-17-5-3-4-10-28(16)17/h3-7,10-12H,8-9H2,1-2H3,(H,24,29)(H,26,30). The zero-order valence-electron chi connectivity index (χ0n) is 17.5. The Morgan fingerprint density at radius 1 is 1.22 bits per heavy atom. The van der Waals surface area contributed by atoms with Crippen LogP contribution in [0.2, 0.25) is 0 Å². The maximum atomic E-state index is 12.9. The molecule has 3 aromatic heterocycles. The highest BCUT2D eigenvalue weighted by Gasteiger charge is 2.51. The molecule has 1 aromatic carbocycles. The third-order valence-corrected chi connectivity index (χ3v) is 5.51. The summed E-state index contributed by atoms with van der Waals surface area (Å²) in [6.45, 7) is 1.90. The largest absolute Gasteiger partial charge is 0.453 e. The highest BCUT2D eigenvalue weighted by molar-refractivity contribution is 6.04. The summed E-state index contributed by atoms with van der Waals surface area (Å²) in [5.41, 5.74) is 2.62. The minimum absolute atomic E-state index is 0.281. The van der Waals surface area contributed by atoms with Crippen LogP contribution in [0.1, 0.15) is 34.8 Å². The van der Waals surface area contributed by atoms with E-state index in [1.807, 2.05) is 37.3 Å². The number of ether oxygens (including phenoxy) is 1. The van der Waals surface area contributed by atoms with E-state index in [2.05, 4.69) is 30.5 Å². The lowest BCUT2D eigenvalue weighted by molar-refractivity contribution is 0.102. The molecule has 0 atom stereocenters. The molecule has 0 bridgehead atoms. The summed E-state index contributed by atoms with van der Waals surface area (Å²) < 4.78 is 11.8. The predicted octanol–water partition coefficient (Wildman–Crippen LogP) is 3.29. The van der Waals surface area contributed by atoms with Crippen molar-refractivity contribution < 1.29 is 18.8 Å². The SMILES string of the molecule is COC(=O)NC1(c2nc(-c3ccc(C)c(NC(=O)c4cnc5ccccn45)c3)no2)CC1. The lowest BCUT2D eigenvalue weighted by Gasteiger charge is -2.11. The minimum atomic E-state index is -0.677. The molecule has 0 spiro atoms. The first-order valence-electron chi connectivity index (χ1n) is 10.0. The van der Waals surface area contributed by atoms with Crippen LogP contribution in [0.4, 0.5) is 10.5 Å². The van der Waals surface area contributed by atoms with Crippen molar-refractivity contribution in [3.05, 3.63) is 65.9 Å². The smallest absolute Gasteiger partial charge is 0.407 e. The summed E-state index contributed by atoms with van der Waals surface area (Å²) in [4.78, 5) is 33.2. The monoisotopic (exact) mass is 432 g/mol. The van der Waals surface area contributed by atoms with E-state index < -0.39 is 11.6 Å². The highest BCUT2D eigenvalue weighted by atomic mass is 16.5. The van der Waals surface area contributed by atoms with Crippen molar-refractivity contribution in [3.63, 3.8) is 0 Å². The number of hydrogen-bond acceptors (Lipinski definition) is 7. The molecular formula is C22H20N6O4. The second kappa shape index (κ2) is 7.49. The number of amides is 2. The Kier molecular flexibility index (Phi) is 4.62. The summed E-state index contributed by atoms with van der Waals surface area (Å²) in [5.74, 6) is 0.412. The van der Waals surface area contributed by atoms with Gasteiger partial charge < -0.3 is 19.9 Å². The molecule has 1 saturated carbocycles. The van der Waals surface area contributed by atoms with Crippen LogP contribution in [0, 0.1) is 6.92 Å². The molecule has 10 heteroatoms. The lowest BCUT2D eigenvalue weighted by atomic mass is 10.1. The summed E-state index contributed by atoms with van der Waals surface area (Å²) in [6, 6.07) is 11.0. The van der Waals surface area contributed by atoms with Gasteiger partial charge in [-0.05, 0) is 43.5 Å². The Hall–Kier alpha value is -4.21. The number of nitrogens with zero attached hydrogens (tertiary/aromatic N) is 4. The van der Waals surface area contributed by atoms with E-state index in [0.29, 0.717) is 47.1 Å².